The maximum Gasteiger partial charge on any atom is 0.00360 e. The summed E-state index contributed by atoms with van der Waals surface area (Å²) in [5, 5.41) is 3.51. The fourth-order valence-corrected chi connectivity index (χ4v) is 1.22. The average Bonchev–Trinajstić information content (AvgIpc) is 2.10. The van der Waals surface area contributed by atoms with E-state index in [0.29, 0.717) is 6.04 Å². The molecule has 0 radical (unpaired) electrons. The van der Waals surface area contributed by atoms with Crippen molar-refractivity contribution in [2.24, 2.45) is 0 Å². The van der Waals surface area contributed by atoms with Crippen molar-refractivity contribution in [3.8, 4) is 0 Å². The van der Waals surface area contributed by atoms with Crippen LogP contribution in [0.3, 0.4) is 0 Å². The van der Waals surface area contributed by atoms with Gasteiger partial charge in [0.15, 0.2) is 0 Å². The third-order valence-electron chi connectivity index (χ3n) is 2.39. The van der Waals surface area contributed by atoms with Crippen molar-refractivity contribution in [1.29, 1.82) is 0 Å². The molecule has 74 valence electrons. The van der Waals surface area contributed by atoms with Crippen LogP contribution in [0.4, 0.5) is 0 Å². The van der Waals surface area contributed by atoms with Crippen molar-refractivity contribution in [3.63, 3.8) is 0 Å². The molecular formula is C11H25N. The van der Waals surface area contributed by atoms with Gasteiger partial charge in [-0.2, -0.15) is 0 Å². The van der Waals surface area contributed by atoms with Crippen LogP contribution in [0, 0.1) is 0 Å². The van der Waals surface area contributed by atoms with E-state index in [1.807, 2.05) is 0 Å². The maximum atomic E-state index is 3.51. The Labute approximate surface area is 77.9 Å². The summed E-state index contributed by atoms with van der Waals surface area (Å²) in [6.45, 7) is 7.96. The van der Waals surface area contributed by atoms with Crippen molar-refractivity contribution in [2.45, 2.75) is 65.3 Å². The molecule has 0 fully saturated rings. The minimum atomic E-state index is 0.705. The molecule has 0 aromatic carbocycles. The van der Waals surface area contributed by atoms with Crippen molar-refractivity contribution < 1.29 is 0 Å². The summed E-state index contributed by atoms with van der Waals surface area (Å²) >= 11 is 0. The Morgan fingerprint density at radius 2 is 1.67 bits per heavy atom. The number of hydrogen-bond donors (Lipinski definition) is 1. The first-order chi connectivity index (χ1) is 5.81. The molecule has 0 aromatic rings. The Bertz CT molecular complexity index is 81.1. The Morgan fingerprint density at radius 1 is 1.00 bits per heavy atom. The topological polar surface area (TPSA) is 12.0 Å². The Balaban J connectivity index is 2.90. The molecule has 1 N–H and O–H groups in total. The van der Waals surface area contributed by atoms with Gasteiger partial charge in [-0.05, 0) is 26.3 Å². The molecule has 0 saturated carbocycles. The van der Waals surface area contributed by atoms with Gasteiger partial charge in [0.05, 0.1) is 0 Å². The lowest BCUT2D eigenvalue weighted by Gasteiger charge is -2.10. The summed E-state index contributed by atoms with van der Waals surface area (Å²) in [5.74, 6) is 0. The molecule has 0 spiro atoms. The minimum absolute atomic E-state index is 0.705. The lowest BCUT2D eigenvalue weighted by Crippen LogP contribution is -2.25. The standard InChI is InChI=1S/C11H25N/c1-4-6-7-8-9-10-12-11(3)5-2/h11-12H,4-10H2,1-3H3/t11-/m1/s1. The molecule has 0 saturated heterocycles. The minimum Gasteiger partial charge on any atom is -0.314 e. The Kier molecular flexibility index (Phi) is 9.02. The lowest BCUT2D eigenvalue weighted by atomic mass is 10.1. The first kappa shape index (κ1) is 12.0. The number of nitrogens with one attached hydrogen (secondary N) is 1. The second-order valence-corrected chi connectivity index (χ2v) is 3.68. The normalized spacial score (nSPS) is 13.2. The van der Waals surface area contributed by atoms with E-state index >= 15 is 0 Å². The van der Waals surface area contributed by atoms with Crippen LogP contribution in [-0.2, 0) is 0 Å². The van der Waals surface area contributed by atoms with Crippen LogP contribution in [-0.4, -0.2) is 12.6 Å². The predicted octanol–water partition coefficient (Wildman–Crippen LogP) is 3.34. The van der Waals surface area contributed by atoms with E-state index in [0.717, 1.165) is 0 Å². The number of unbranched alkanes of at least 4 members (excludes halogenated alkanes) is 4. The van der Waals surface area contributed by atoms with Gasteiger partial charge in [0, 0.05) is 6.04 Å². The van der Waals surface area contributed by atoms with Gasteiger partial charge in [-0.1, -0.05) is 39.5 Å². The SMILES string of the molecule is CCCCCCCN[C@H](C)CC. The summed E-state index contributed by atoms with van der Waals surface area (Å²) in [4.78, 5) is 0. The molecule has 0 aliphatic heterocycles. The molecule has 0 aliphatic rings. The van der Waals surface area contributed by atoms with Crippen molar-refractivity contribution in [2.75, 3.05) is 6.54 Å². The summed E-state index contributed by atoms with van der Waals surface area (Å²) in [7, 11) is 0. The van der Waals surface area contributed by atoms with Gasteiger partial charge >= 0.3 is 0 Å². The molecule has 0 rings (SSSR count). The second-order valence-electron chi connectivity index (χ2n) is 3.68. The lowest BCUT2D eigenvalue weighted by molar-refractivity contribution is 0.506. The zero-order valence-electron chi connectivity index (χ0n) is 9.03. The van der Waals surface area contributed by atoms with E-state index in [1.54, 1.807) is 0 Å². The monoisotopic (exact) mass is 171 g/mol. The molecule has 0 aromatic heterocycles. The van der Waals surface area contributed by atoms with Gasteiger partial charge in [-0.3, -0.25) is 0 Å². The van der Waals surface area contributed by atoms with E-state index in [1.165, 1.54) is 45.1 Å². The fourth-order valence-electron chi connectivity index (χ4n) is 1.22. The van der Waals surface area contributed by atoms with Crippen LogP contribution in [0.2, 0.25) is 0 Å². The van der Waals surface area contributed by atoms with Crippen LogP contribution in [0.5, 0.6) is 0 Å². The molecule has 0 bridgehead atoms. The van der Waals surface area contributed by atoms with Gasteiger partial charge < -0.3 is 5.32 Å². The highest BCUT2D eigenvalue weighted by Crippen LogP contribution is 2.01. The first-order valence-electron chi connectivity index (χ1n) is 5.54. The van der Waals surface area contributed by atoms with Crippen molar-refractivity contribution >= 4 is 0 Å². The fraction of sp³-hybridized carbons (Fsp3) is 1.00. The molecule has 1 nitrogen and oxygen atoms in total. The molecule has 1 atom stereocenters. The molecule has 12 heavy (non-hydrogen) atoms. The predicted molar refractivity (Wildman–Crippen MR) is 56.5 cm³/mol. The Morgan fingerprint density at radius 3 is 2.25 bits per heavy atom. The van der Waals surface area contributed by atoms with E-state index < -0.39 is 0 Å². The highest BCUT2D eigenvalue weighted by Gasteiger charge is 1.95. The van der Waals surface area contributed by atoms with Crippen LogP contribution in [0.1, 0.15) is 59.3 Å². The highest BCUT2D eigenvalue weighted by atomic mass is 14.9. The smallest absolute Gasteiger partial charge is 0.00360 e. The second kappa shape index (κ2) is 9.05. The van der Waals surface area contributed by atoms with Crippen LogP contribution in [0.15, 0.2) is 0 Å². The zero-order chi connectivity index (χ0) is 9.23. The van der Waals surface area contributed by atoms with E-state index in [9.17, 15) is 0 Å². The van der Waals surface area contributed by atoms with Crippen molar-refractivity contribution in [3.05, 3.63) is 0 Å². The third kappa shape index (κ3) is 8.06. The largest absolute Gasteiger partial charge is 0.314 e. The number of rotatable bonds is 8. The van der Waals surface area contributed by atoms with Gasteiger partial charge in [0.25, 0.3) is 0 Å². The van der Waals surface area contributed by atoms with Crippen LogP contribution >= 0.6 is 0 Å². The van der Waals surface area contributed by atoms with Crippen LogP contribution in [0.25, 0.3) is 0 Å². The van der Waals surface area contributed by atoms with E-state index in [4.69, 9.17) is 0 Å². The van der Waals surface area contributed by atoms with E-state index in [-0.39, 0.29) is 0 Å². The van der Waals surface area contributed by atoms with Gasteiger partial charge in [0.1, 0.15) is 0 Å². The quantitative estimate of drug-likeness (QED) is 0.552. The molecule has 0 heterocycles. The summed E-state index contributed by atoms with van der Waals surface area (Å²) < 4.78 is 0. The zero-order valence-corrected chi connectivity index (χ0v) is 9.03. The van der Waals surface area contributed by atoms with Gasteiger partial charge in [-0.15, -0.1) is 0 Å². The molecule has 0 amide bonds. The van der Waals surface area contributed by atoms with Gasteiger partial charge in [0.2, 0.25) is 0 Å². The number of hydrogen-bond acceptors (Lipinski definition) is 1. The average molecular weight is 171 g/mol. The summed E-state index contributed by atoms with van der Waals surface area (Å²) in [6.07, 6.45) is 8.16. The molecule has 0 aliphatic carbocycles. The van der Waals surface area contributed by atoms with Gasteiger partial charge in [-0.25, -0.2) is 0 Å². The van der Waals surface area contributed by atoms with Crippen LogP contribution < -0.4 is 5.32 Å². The molecular weight excluding hydrogens is 146 g/mol. The van der Waals surface area contributed by atoms with Crippen molar-refractivity contribution in [1.82, 2.24) is 5.32 Å². The molecule has 1 heteroatoms. The highest BCUT2D eigenvalue weighted by molar-refractivity contribution is 4.57. The Hall–Kier alpha value is -0.0400. The maximum absolute atomic E-state index is 3.51. The summed E-state index contributed by atoms with van der Waals surface area (Å²) in [5.41, 5.74) is 0. The molecule has 0 unspecified atom stereocenters. The summed E-state index contributed by atoms with van der Waals surface area (Å²) in [6, 6.07) is 0.705. The first-order valence-corrected chi connectivity index (χ1v) is 5.54. The van der Waals surface area contributed by atoms with E-state index in [2.05, 4.69) is 26.1 Å². The third-order valence-corrected chi connectivity index (χ3v) is 2.39.